The largest absolute Gasteiger partial charge is 0.308 e. The summed E-state index contributed by atoms with van der Waals surface area (Å²) in [6.45, 7) is 4.20. The lowest BCUT2D eigenvalue weighted by molar-refractivity contribution is 0.108. The Morgan fingerprint density at radius 1 is 1.36 bits per heavy atom. The van der Waals surface area contributed by atoms with Gasteiger partial charge in [0, 0.05) is 19.0 Å². The molecule has 1 N–H and O–H groups in total. The van der Waals surface area contributed by atoms with Crippen molar-refractivity contribution in [3.63, 3.8) is 0 Å². The van der Waals surface area contributed by atoms with Crippen LogP contribution in [0.4, 0.5) is 8.78 Å². The van der Waals surface area contributed by atoms with Gasteiger partial charge in [-0.15, -0.1) is 0 Å². The first kappa shape index (κ1) is 8.91. The van der Waals surface area contributed by atoms with Crippen LogP contribution < -0.4 is 5.32 Å². The van der Waals surface area contributed by atoms with E-state index >= 15 is 0 Å². The summed E-state index contributed by atoms with van der Waals surface area (Å²) in [5, 5.41) is 2.87. The minimum absolute atomic E-state index is 0.0653. The summed E-state index contributed by atoms with van der Waals surface area (Å²) in [6, 6.07) is -0.151. The fraction of sp³-hybridized carbons (Fsp3) is 1.00. The van der Waals surface area contributed by atoms with Crippen LogP contribution in [-0.4, -0.2) is 24.9 Å². The van der Waals surface area contributed by atoms with Crippen LogP contribution in [0, 0.1) is 5.92 Å². The second-order valence-corrected chi connectivity index (χ2v) is 3.53. The lowest BCUT2D eigenvalue weighted by Crippen LogP contribution is -2.50. The van der Waals surface area contributed by atoms with Crippen LogP contribution in [0.1, 0.15) is 20.3 Å². The average Bonchev–Trinajstić information content (AvgIpc) is 1.85. The van der Waals surface area contributed by atoms with E-state index < -0.39 is 12.3 Å². The zero-order valence-corrected chi connectivity index (χ0v) is 6.98. The second-order valence-electron chi connectivity index (χ2n) is 3.53. The molecule has 0 bridgehead atoms. The Morgan fingerprint density at radius 2 is 2.00 bits per heavy atom. The van der Waals surface area contributed by atoms with Crippen LogP contribution in [0.5, 0.6) is 0 Å². The molecule has 1 nitrogen and oxygen atoms in total. The number of rotatable bonds is 1. The molecular weight excluding hydrogens is 148 g/mol. The van der Waals surface area contributed by atoms with Gasteiger partial charge in [0.2, 0.25) is 0 Å². The Morgan fingerprint density at radius 3 is 2.45 bits per heavy atom. The quantitative estimate of drug-likeness (QED) is 0.620. The minimum atomic E-state index is -1.02. The van der Waals surface area contributed by atoms with E-state index in [2.05, 4.69) is 5.32 Å². The van der Waals surface area contributed by atoms with Gasteiger partial charge in [0.25, 0.3) is 0 Å². The molecule has 1 rings (SSSR count). The van der Waals surface area contributed by atoms with E-state index in [0.717, 1.165) is 0 Å². The summed E-state index contributed by atoms with van der Waals surface area (Å²) in [7, 11) is 0. The second kappa shape index (κ2) is 3.48. The summed E-state index contributed by atoms with van der Waals surface area (Å²) in [4.78, 5) is 0. The Hall–Kier alpha value is -0.180. The maximum atomic E-state index is 13.0. The average molecular weight is 163 g/mol. The third-order valence-corrected chi connectivity index (χ3v) is 2.16. The van der Waals surface area contributed by atoms with Gasteiger partial charge in [0.1, 0.15) is 12.3 Å². The smallest absolute Gasteiger partial charge is 0.118 e. The third kappa shape index (κ3) is 2.12. The number of nitrogens with one attached hydrogen (secondary N) is 1. The molecule has 1 fully saturated rings. The van der Waals surface area contributed by atoms with Gasteiger partial charge >= 0.3 is 0 Å². The van der Waals surface area contributed by atoms with Crippen LogP contribution in [0.2, 0.25) is 0 Å². The Bertz CT molecular complexity index is 127. The van der Waals surface area contributed by atoms with E-state index in [9.17, 15) is 8.78 Å². The highest BCUT2D eigenvalue weighted by Gasteiger charge is 2.31. The summed E-state index contributed by atoms with van der Waals surface area (Å²) >= 11 is 0. The zero-order valence-electron chi connectivity index (χ0n) is 6.98. The first-order valence-corrected chi connectivity index (χ1v) is 4.12. The fourth-order valence-corrected chi connectivity index (χ4v) is 1.52. The summed E-state index contributed by atoms with van der Waals surface area (Å²) < 4.78 is 25.6. The molecule has 0 aliphatic carbocycles. The molecule has 66 valence electrons. The first-order chi connectivity index (χ1) is 5.11. The number of hydrogen-bond acceptors (Lipinski definition) is 1. The molecule has 3 atom stereocenters. The molecule has 1 saturated heterocycles. The molecule has 0 aromatic heterocycles. The lowest BCUT2D eigenvalue weighted by Gasteiger charge is -2.32. The summed E-state index contributed by atoms with van der Waals surface area (Å²) in [5.41, 5.74) is 0. The van der Waals surface area contributed by atoms with Crippen molar-refractivity contribution in [3.8, 4) is 0 Å². The normalized spacial score (nSPS) is 39.5. The third-order valence-electron chi connectivity index (χ3n) is 2.16. The van der Waals surface area contributed by atoms with Gasteiger partial charge in [-0.1, -0.05) is 13.8 Å². The number of alkyl halides is 2. The summed E-state index contributed by atoms with van der Waals surface area (Å²) in [6.07, 6.45) is -1.95. The standard InChI is InChI=1S/C8H15F2N/c1-5(2)8-7(10)3-6(9)4-11-8/h5-8,11H,3-4H2,1-2H3. The van der Waals surface area contributed by atoms with Crippen LogP contribution in [0.3, 0.4) is 0 Å². The molecule has 11 heavy (non-hydrogen) atoms. The van der Waals surface area contributed by atoms with Crippen molar-refractivity contribution >= 4 is 0 Å². The van der Waals surface area contributed by atoms with E-state index in [-0.39, 0.29) is 18.4 Å². The van der Waals surface area contributed by atoms with Crippen molar-refractivity contribution in [1.82, 2.24) is 5.32 Å². The molecule has 0 aromatic carbocycles. The monoisotopic (exact) mass is 163 g/mol. The van der Waals surface area contributed by atoms with Crippen LogP contribution in [0.15, 0.2) is 0 Å². The first-order valence-electron chi connectivity index (χ1n) is 4.12. The molecule has 0 aromatic rings. The Balaban J connectivity index is 2.44. The Kier molecular flexibility index (Phi) is 2.82. The van der Waals surface area contributed by atoms with Gasteiger partial charge in [-0.05, 0) is 5.92 Å². The molecule has 3 unspecified atom stereocenters. The molecule has 0 amide bonds. The molecule has 0 spiro atoms. The lowest BCUT2D eigenvalue weighted by atomic mass is 9.93. The maximum absolute atomic E-state index is 13.0. The SMILES string of the molecule is CC(C)C1NCC(F)CC1F. The van der Waals surface area contributed by atoms with Gasteiger partial charge in [0.15, 0.2) is 0 Å². The van der Waals surface area contributed by atoms with E-state index in [1.807, 2.05) is 13.8 Å². The Labute approximate surface area is 66.2 Å². The number of hydrogen-bond donors (Lipinski definition) is 1. The molecular formula is C8H15F2N. The van der Waals surface area contributed by atoms with Crippen molar-refractivity contribution in [3.05, 3.63) is 0 Å². The van der Waals surface area contributed by atoms with Crippen molar-refractivity contribution < 1.29 is 8.78 Å². The highest BCUT2D eigenvalue weighted by atomic mass is 19.1. The van der Waals surface area contributed by atoms with Gasteiger partial charge < -0.3 is 5.32 Å². The number of piperidine rings is 1. The predicted octanol–water partition coefficient (Wildman–Crippen LogP) is 1.68. The van der Waals surface area contributed by atoms with Crippen molar-refractivity contribution in [2.75, 3.05) is 6.54 Å². The molecule has 1 aliphatic rings. The summed E-state index contributed by atoms with van der Waals surface area (Å²) in [5.74, 6) is 0.248. The van der Waals surface area contributed by atoms with Crippen LogP contribution >= 0.6 is 0 Å². The topological polar surface area (TPSA) is 12.0 Å². The molecule has 1 aliphatic heterocycles. The van der Waals surface area contributed by atoms with Gasteiger partial charge in [-0.2, -0.15) is 0 Å². The van der Waals surface area contributed by atoms with E-state index in [0.29, 0.717) is 6.54 Å². The van der Waals surface area contributed by atoms with Crippen molar-refractivity contribution in [2.24, 2.45) is 5.92 Å². The highest BCUT2D eigenvalue weighted by Crippen LogP contribution is 2.20. The molecule has 0 saturated carbocycles. The van der Waals surface area contributed by atoms with Crippen molar-refractivity contribution in [2.45, 2.75) is 38.7 Å². The van der Waals surface area contributed by atoms with E-state index in [1.54, 1.807) is 0 Å². The molecule has 1 heterocycles. The fourth-order valence-electron chi connectivity index (χ4n) is 1.52. The zero-order chi connectivity index (χ0) is 8.43. The van der Waals surface area contributed by atoms with Crippen LogP contribution in [-0.2, 0) is 0 Å². The van der Waals surface area contributed by atoms with E-state index in [4.69, 9.17) is 0 Å². The highest BCUT2D eigenvalue weighted by molar-refractivity contribution is 4.87. The predicted molar refractivity (Wildman–Crippen MR) is 41.0 cm³/mol. The maximum Gasteiger partial charge on any atom is 0.118 e. The van der Waals surface area contributed by atoms with Crippen LogP contribution in [0.25, 0.3) is 0 Å². The van der Waals surface area contributed by atoms with Gasteiger partial charge in [-0.3, -0.25) is 0 Å². The van der Waals surface area contributed by atoms with Crippen molar-refractivity contribution in [1.29, 1.82) is 0 Å². The molecule has 0 radical (unpaired) electrons. The molecule has 3 heteroatoms. The van der Waals surface area contributed by atoms with Gasteiger partial charge in [-0.25, -0.2) is 8.78 Å². The minimum Gasteiger partial charge on any atom is -0.308 e. The number of halogens is 2. The van der Waals surface area contributed by atoms with E-state index in [1.165, 1.54) is 0 Å². The van der Waals surface area contributed by atoms with Gasteiger partial charge in [0.05, 0.1) is 0 Å².